The van der Waals surface area contributed by atoms with E-state index in [0.717, 1.165) is 23.3 Å². The fraction of sp³-hybridized carbons (Fsp3) is 0.458. The molecule has 0 spiro atoms. The molecule has 0 radical (unpaired) electrons. The van der Waals surface area contributed by atoms with Gasteiger partial charge in [0, 0.05) is 37.9 Å². The summed E-state index contributed by atoms with van der Waals surface area (Å²) < 4.78 is 5.28. The molecule has 2 aliphatic heterocycles. The summed E-state index contributed by atoms with van der Waals surface area (Å²) >= 11 is 1.52. The first kappa shape index (κ1) is 21.7. The Labute approximate surface area is 186 Å². The molecule has 7 heteroatoms. The van der Waals surface area contributed by atoms with Gasteiger partial charge < -0.3 is 9.64 Å². The summed E-state index contributed by atoms with van der Waals surface area (Å²) in [6.07, 6.45) is 2.01. The molecule has 0 aliphatic carbocycles. The van der Waals surface area contributed by atoms with Crippen molar-refractivity contribution in [1.82, 2.24) is 9.80 Å². The van der Waals surface area contributed by atoms with Crippen LogP contribution in [0.3, 0.4) is 0 Å². The summed E-state index contributed by atoms with van der Waals surface area (Å²) in [6, 6.07) is 13.1. The Morgan fingerprint density at radius 3 is 2.71 bits per heavy atom. The summed E-state index contributed by atoms with van der Waals surface area (Å²) in [5.74, 6) is -0.239. The van der Waals surface area contributed by atoms with Crippen LogP contribution in [-0.2, 0) is 31.1 Å². The first-order valence-electron chi connectivity index (χ1n) is 10.7. The fourth-order valence-electron chi connectivity index (χ4n) is 4.78. The lowest BCUT2D eigenvalue weighted by Crippen LogP contribution is -2.46. The maximum absolute atomic E-state index is 13.7. The van der Waals surface area contributed by atoms with Gasteiger partial charge >= 0.3 is 0 Å². The van der Waals surface area contributed by atoms with E-state index in [1.54, 1.807) is 7.11 Å². The molecule has 0 saturated carbocycles. The molecule has 4 rings (SSSR count). The zero-order valence-electron chi connectivity index (χ0n) is 17.8. The Bertz CT molecular complexity index is 928. The lowest BCUT2D eigenvalue weighted by atomic mass is 9.75. The molecule has 2 saturated heterocycles. The summed E-state index contributed by atoms with van der Waals surface area (Å²) in [5, 5.41) is 1.93. The number of imide groups is 1. The summed E-state index contributed by atoms with van der Waals surface area (Å²) in [7, 11) is 1.68. The molecule has 2 aliphatic rings. The Morgan fingerprint density at radius 1 is 1.19 bits per heavy atom. The zero-order valence-corrected chi connectivity index (χ0v) is 18.6. The second-order valence-corrected chi connectivity index (χ2v) is 9.50. The van der Waals surface area contributed by atoms with E-state index in [9.17, 15) is 14.4 Å². The number of rotatable bonds is 7. The van der Waals surface area contributed by atoms with Crippen molar-refractivity contribution in [2.75, 3.05) is 26.8 Å². The van der Waals surface area contributed by atoms with Gasteiger partial charge in [0.05, 0.1) is 18.6 Å². The molecule has 1 aromatic heterocycles. The van der Waals surface area contributed by atoms with Crippen LogP contribution in [-0.4, -0.2) is 54.3 Å². The van der Waals surface area contributed by atoms with E-state index in [4.69, 9.17) is 4.74 Å². The van der Waals surface area contributed by atoms with Crippen molar-refractivity contribution in [3.05, 3.63) is 58.3 Å². The minimum atomic E-state index is -1.14. The molecule has 3 heterocycles. The molecule has 2 atom stereocenters. The van der Waals surface area contributed by atoms with Gasteiger partial charge in [-0.1, -0.05) is 36.4 Å². The number of carbonyl (C=O) groups is 3. The molecule has 0 unspecified atom stereocenters. The number of ether oxygens (including phenoxy) is 1. The third-order valence-corrected chi connectivity index (χ3v) is 7.22. The molecule has 0 N–H and O–H groups in total. The standard InChI is InChI=1S/C24H28N2O4S/c1-30-17-18-7-5-11-25(15-18)21(27)13-24(19-8-3-2-4-9-19)14-22(28)26(23(24)29)16-20-10-6-12-31-20/h2-4,6,8-10,12,18H,5,7,11,13-17H2,1H3/t18-,24+/m0/s1. The number of nitrogens with zero attached hydrogens (tertiary/aromatic N) is 2. The second-order valence-electron chi connectivity index (χ2n) is 8.47. The zero-order chi connectivity index (χ0) is 21.8. The van der Waals surface area contributed by atoms with Crippen molar-refractivity contribution in [2.45, 2.75) is 37.6 Å². The van der Waals surface area contributed by atoms with Crippen molar-refractivity contribution in [3.63, 3.8) is 0 Å². The lowest BCUT2D eigenvalue weighted by molar-refractivity contribution is -0.143. The quantitative estimate of drug-likeness (QED) is 0.620. The Balaban J connectivity index is 1.60. The minimum absolute atomic E-state index is 0.0161. The van der Waals surface area contributed by atoms with E-state index in [2.05, 4.69) is 0 Å². The number of piperidine rings is 1. The van der Waals surface area contributed by atoms with Crippen LogP contribution in [0.2, 0.25) is 0 Å². The SMILES string of the molecule is COC[C@H]1CCCN(C(=O)C[C@]2(c3ccccc3)CC(=O)N(Cc3cccs3)C2=O)C1. The Morgan fingerprint density at radius 2 is 2.00 bits per heavy atom. The van der Waals surface area contributed by atoms with Crippen LogP contribution < -0.4 is 0 Å². The van der Waals surface area contributed by atoms with Crippen LogP contribution in [0, 0.1) is 5.92 Å². The second kappa shape index (κ2) is 9.32. The van der Waals surface area contributed by atoms with Gasteiger partial charge in [-0.15, -0.1) is 11.3 Å². The number of amides is 3. The van der Waals surface area contributed by atoms with Crippen LogP contribution in [0.15, 0.2) is 47.8 Å². The number of hydrogen-bond acceptors (Lipinski definition) is 5. The van der Waals surface area contributed by atoms with E-state index in [-0.39, 0.29) is 37.1 Å². The van der Waals surface area contributed by atoms with Gasteiger partial charge in [0.25, 0.3) is 0 Å². The van der Waals surface area contributed by atoms with Crippen LogP contribution in [0.25, 0.3) is 0 Å². The van der Waals surface area contributed by atoms with Gasteiger partial charge in [0.15, 0.2) is 0 Å². The Hall–Kier alpha value is -2.51. The van der Waals surface area contributed by atoms with Crippen LogP contribution in [0.5, 0.6) is 0 Å². The van der Waals surface area contributed by atoms with Gasteiger partial charge in [-0.25, -0.2) is 0 Å². The number of methoxy groups -OCH3 is 1. The average molecular weight is 441 g/mol. The number of benzene rings is 1. The molecule has 164 valence electrons. The molecule has 2 aromatic rings. The monoisotopic (exact) mass is 440 g/mol. The summed E-state index contributed by atoms with van der Waals surface area (Å²) in [6.45, 7) is 2.21. The number of hydrogen-bond donors (Lipinski definition) is 0. The van der Waals surface area contributed by atoms with E-state index in [0.29, 0.717) is 25.6 Å². The highest BCUT2D eigenvalue weighted by Gasteiger charge is 2.54. The average Bonchev–Trinajstić information content (AvgIpc) is 3.38. The van der Waals surface area contributed by atoms with Gasteiger partial charge in [-0.3, -0.25) is 19.3 Å². The van der Waals surface area contributed by atoms with Crippen molar-refractivity contribution in [3.8, 4) is 0 Å². The predicted molar refractivity (Wildman–Crippen MR) is 118 cm³/mol. The largest absolute Gasteiger partial charge is 0.384 e. The molecule has 6 nitrogen and oxygen atoms in total. The van der Waals surface area contributed by atoms with E-state index >= 15 is 0 Å². The Kier molecular flexibility index (Phi) is 6.53. The minimum Gasteiger partial charge on any atom is -0.384 e. The third-order valence-electron chi connectivity index (χ3n) is 6.36. The van der Waals surface area contributed by atoms with Crippen molar-refractivity contribution in [2.24, 2.45) is 5.92 Å². The molecule has 31 heavy (non-hydrogen) atoms. The number of likely N-dealkylation sites (tertiary alicyclic amines) is 2. The van der Waals surface area contributed by atoms with Crippen molar-refractivity contribution < 1.29 is 19.1 Å². The number of thiophene rings is 1. The summed E-state index contributed by atoms with van der Waals surface area (Å²) in [4.78, 5) is 44.1. The van der Waals surface area contributed by atoms with E-state index < -0.39 is 5.41 Å². The molecule has 3 amide bonds. The van der Waals surface area contributed by atoms with E-state index in [1.807, 2.05) is 52.7 Å². The maximum Gasteiger partial charge on any atom is 0.241 e. The highest BCUT2D eigenvalue weighted by molar-refractivity contribution is 7.09. The first-order chi connectivity index (χ1) is 15.0. The molecule has 2 fully saturated rings. The maximum atomic E-state index is 13.7. The van der Waals surface area contributed by atoms with Crippen molar-refractivity contribution >= 4 is 29.1 Å². The summed E-state index contributed by atoms with van der Waals surface area (Å²) in [5.41, 5.74) is -0.401. The van der Waals surface area contributed by atoms with E-state index in [1.165, 1.54) is 16.2 Å². The van der Waals surface area contributed by atoms with Crippen LogP contribution >= 0.6 is 11.3 Å². The lowest BCUT2D eigenvalue weighted by Gasteiger charge is -2.35. The van der Waals surface area contributed by atoms with Gasteiger partial charge in [0.1, 0.15) is 0 Å². The number of carbonyl (C=O) groups excluding carboxylic acids is 3. The highest BCUT2D eigenvalue weighted by atomic mass is 32.1. The van der Waals surface area contributed by atoms with Gasteiger partial charge in [-0.2, -0.15) is 0 Å². The first-order valence-corrected chi connectivity index (χ1v) is 11.6. The van der Waals surface area contributed by atoms with Crippen LogP contribution in [0.1, 0.15) is 36.1 Å². The molecular formula is C24H28N2O4S. The smallest absolute Gasteiger partial charge is 0.241 e. The van der Waals surface area contributed by atoms with Crippen molar-refractivity contribution in [1.29, 1.82) is 0 Å². The topological polar surface area (TPSA) is 66.9 Å². The molecular weight excluding hydrogens is 412 g/mol. The van der Waals surface area contributed by atoms with Gasteiger partial charge in [0.2, 0.25) is 17.7 Å². The van der Waals surface area contributed by atoms with Gasteiger partial charge in [-0.05, 0) is 35.8 Å². The fourth-order valence-corrected chi connectivity index (χ4v) is 5.47. The van der Waals surface area contributed by atoms with Crippen LogP contribution in [0.4, 0.5) is 0 Å². The molecule has 0 bridgehead atoms. The third kappa shape index (κ3) is 4.43. The predicted octanol–water partition coefficient (Wildman–Crippen LogP) is 3.22. The normalized spacial score (nSPS) is 24.1. The highest BCUT2D eigenvalue weighted by Crippen LogP contribution is 2.41. The molecule has 1 aromatic carbocycles.